The maximum Gasteiger partial charge on any atom is 0.282 e. The van der Waals surface area contributed by atoms with Crippen molar-refractivity contribution in [3.05, 3.63) is 47.8 Å². The number of fused-ring (bicyclic) bond motifs is 2. The molecule has 2 aliphatic heterocycles. The number of aryl methyl sites for hydroxylation is 1. The van der Waals surface area contributed by atoms with Crippen molar-refractivity contribution >= 4 is 10.2 Å². The number of hydrogen-bond donors (Lipinski definition) is 0. The van der Waals surface area contributed by atoms with E-state index in [4.69, 9.17) is 4.98 Å². The molecule has 3 aliphatic rings. The van der Waals surface area contributed by atoms with Crippen LogP contribution in [0.25, 0.3) is 11.4 Å². The first-order valence-corrected chi connectivity index (χ1v) is 12.2. The minimum Gasteiger partial charge on any atom is -0.236 e. The third-order valence-electron chi connectivity index (χ3n) is 6.78. The maximum absolute atomic E-state index is 13.3. The van der Waals surface area contributed by atoms with E-state index in [1.807, 2.05) is 36.5 Å². The summed E-state index contributed by atoms with van der Waals surface area (Å²) in [6.07, 6.45) is 8.79. The summed E-state index contributed by atoms with van der Waals surface area (Å²) >= 11 is 0. The van der Waals surface area contributed by atoms with Gasteiger partial charge in [0, 0.05) is 43.4 Å². The molecule has 2 aromatic rings. The molecular formula is C22H28N4O2S. The van der Waals surface area contributed by atoms with Gasteiger partial charge in [-0.15, -0.1) is 0 Å². The van der Waals surface area contributed by atoms with Gasteiger partial charge >= 0.3 is 0 Å². The van der Waals surface area contributed by atoms with Gasteiger partial charge in [0.25, 0.3) is 10.2 Å². The summed E-state index contributed by atoms with van der Waals surface area (Å²) in [5, 5.41) is 0. The quantitative estimate of drug-likeness (QED) is 0.777. The average molecular weight is 413 g/mol. The fraction of sp³-hybridized carbons (Fsp3) is 0.545. The third kappa shape index (κ3) is 3.39. The Kier molecular flexibility index (Phi) is 4.92. The van der Waals surface area contributed by atoms with Crippen LogP contribution in [0.4, 0.5) is 0 Å². The van der Waals surface area contributed by atoms with Crippen LogP contribution in [0.1, 0.15) is 49.8 Å². The van der Waals surface area contributed by atoms with Crippen molar-refractivity contribution in [2.75, 3.05) is 26.2 Å². The molecule has 29 heavy (non-hydrogen) atoms. The lowest BCUT2D eigenvalue weighted by atomic mass is 9.78. The fourth-order valence-electron chi connectivity index (χ4n) is 5.21. The van der Waals surface area contributed by atoms with E-state index in [9.17, 15) is 8.42 Å². The van der Waals surface area contributed by atoms with Crippen molar-refractivity contribution in [3.8, 4) is 11.4 Å². The number of nitrogens with zero attached hydrogens (tertiary/aromatic N) is 4. The highest BCUT2D eigenvalue weighted by molar-refractivity contribution is 7.86. The van der Waals surface area contributed by atoms with Crippen molar-refractivity contribution < 1.29 is 8.42 Å². The van der Waals surface area contributed by atoms with Gasteiger partial charge in [-0.25, -0.2) is 9.97 Å². The molecule has 1 aromatic heterocycles. The number of aromatic nitrogens is 2. The largest absolute Gasteiger partial charge is 0.282 e. The standard InChI is InChI=1S/C22H28N4O2S/c27-29(28,25-13-5-2-6-14-25)26-15-7-11-22(17-26)12-10-19-16-23-21(24-20(19)22)18-8-3-1-4-9-18/h1,3-4,8-9,16H,2,5-7,10-15,17H2. The van der Waals surface area contributed by atoms with Gasteiger partial charge in [0.15, 0.2) is 5.82 Å². The van der Waals surface area contributed by atoms with Crippen LogP contribution in [-0.2, 0) is 22.0 Å². The molecule has 1 aliphatic carbocycles. The predicted octanol–water partition coefficient (Wildman–Crippen LogP) is 3.15. The van der Waals surface area contributed by atoms with Crippen LogP contribution < -0.4 is 0 Å². The van der Waals surface area contributed by atoms with Gasteiger partial charge in [0.1, 0.15) is 0 Å². The van der Waals surface area contributed by atoms with Gasteiger partial charge in [-0.3, -0.25) is 0 Å². The van der Waals surface area contributed by atoms with Gasteiger partial charge in [-0.1, -0.05) is 36.8 Å². The Bertz CT molecular complexity index is 985. The van der Waals surface area contributed by atoms with Crippen LogP contribution in [0.2, 0.25) is 0 Å². The average Bonchev–Trinajstić information content (AvgIpc) is 3.12. The second kappa shape index (κ2) is 7.45. The number of benzene rings is 1. The molecule has 3 heterocycles. The van der Waals surface area contributed by atoms with Gasteiger partial charge in [-0.05, 0) is 44.1 Å². The Hall–Kier alpha value is -1.83. The Morgan fingerprint density at radius 1 is 0.897 bits per heavy atom. The molecule has 0 bridgehead atoms. The van der Waals surface area contributed by atoms with E-state index in [2.05, 4.69) is 4.98 Å². The maximum atomic E-state index is 13.3. The van der Waals surface area contributed by atoms with Gasteiger partial charge < -0.3 is 0 Å². The summed E-state index contributed by atoms with van der Waals surface area (Å²) < 4.78 is 30.0. The molecule has 0 N–H and O–H groups in total. The molecule has 1 aromatic carbocycles. The summed E-state index contributed by atoms with van der Waals surface area (Å²) in [5.41, 5.74) is 3.08. The van der Waals surface area contributed by atoms with Crippen molar-refractivity contribution in [3.63, 3.8) is 0 Å². The van der Waals surface area contributed by atoms with E-state index < -0.39 is 10.2 Å². The number of rotatable bonds is 3. The molecule has 0 saturated carbocycles. The molecule has 2 fully saturated rings. The molecule has 0 amide bonds. The van der Waals surface area contributed by atoms with E-state index in [1.54, 1.807) is 8.61 Å². The van der Waals surface area contributed by atoms with Crippen LogP contribution in [0.5, 0.6) is 0 Å². The number of hydrogen-bond acceptors (Lipinski definition) is 4. The summed E-state index contributed by atoms with van der Waals surface area (Å²) in [6.45, 7) is 2.47. The Morgan fingerprint density at radius 2 is 1.66 bits per heavy atom. The lowest BCUT2D eigenvalue weighted by Gasteiger charge is -2.42. The molecule has 7 heteroatoms. The van der Waals surface area contributed by atoms with Crippen molar-refractivity contribution in [1.29, 1.82) is 0 Å². The first-order chi connectivity index (χ1) is 14.1. The van der Waals surface area contributed by atoms with Crippen LogP contribution in [0.15, 0.2) is 36.5 Å². The van der Waals surface area contributed by atoms with E-state index in [1.165, 1.54) is 5.56 Å². The highest BCUT2D eigenvalue weighted by atomic mass is 32.2. The molecule has 1 atom stereocenters. The van der Waals surface area contributed by atoms with E-state index in [0.29, 0.717) is 26.2 Å². The Morgan fingerprint density at radius 3 is 2.45 bits per heavy atom. The lowest BCUT2D eigenvalue weighted by molar-refractivity contribution is 0.203. The van der Waals surface area contributed by atoms with Gasteiger partial charge in [0.05, 0.1) is 5.69 Å². The summed E-state index contributed by atoms with van der Waals surface area (Å²) in [4.78, 5) is 9.57. The molecule has 1 spiro atoms. The van der Waals surface area contributed by atoms with E-state index >= 15 is 0 Å². The Balaban J connectivity index is 1.46. The zero-order chi connectivity index (χ0) is 19.9. The first kappa shape index (κ1) is 19.2. The van der Waals surface area contributed by atoms with Crippen molar-refractivity contribution in [2.45, 2.75) is 50.4 Å². The highest BCUT2D eigenvalue weighted by Crippen LogP contribution is 2.45. The highest BCUT2D eigenvalue weighted by Gasteiger charge is 2.47. The molecule has 0 radical (unpaired) electrons. The second-order valence-electron chi connectivity index (χ2n) is 8.62. The fourth-order valence-corrected chi connectivity index (χ4v) is 7.03. The minimum absolute atomic E-state index is 0.178. The predicted molar refractivity (Wildman–Crippen MR) is 113 cm³/mol. The summed E-state index contributed by atoms with van der Waals surface area (Å²) in [5.74, 6) is 0.738. The van der Waals surface area contributed by atoms with Crippen LogP contribution in [0, 0.1) is 0 Å². The summed E-state index contributed by atoms with van der Waals surface area (Å²) in [6, 6.07) is 10.0. The normalized spacial score (nSPS) is 25.9. The zero-order valence-corrected chi connectivity index (χ0v) is 17.6. The van der Waals surface area contributed by atoms with Gasteiger partial charge in [-0.2, -0.15) is 17.0 Å². The Labute approximate surface area is 173 Å². The first-order valence-electron chi connectivity index (χ1n) is 10.8. The van der Waals surface area contributed by atoms with Crippen molar-refractivity contribution in [2.24, 2.45) is 0 Å². The molecule has 1 unspecified atom stereocenters. The van der Waals surface area contributed by atoms with Crippen LogP contribution in [0.3, 0.4) is 0 Å². The third-order valence-corrected chi connectivity index (χ3v) is 8.76. The zero-order valence-electron chi connectivity index (χ0n) is 16.8. The van der Waals surface area contributed by atoms with Gasteiger partial charge in [0.2, 0.25) is 0 Å². The topological polar surface area (TPSA) is 66.4 Å². The lowest BCUT2D eigenvalue weighted by Crippen LogP contribution is -2.53. The molecule has 154 valence electrons. The van der Waals surface area contributed by atoms with Crippen molar-refractivity contribution in [1.82, 2.24) is 18.6 Å². The number of piperidine rings is 2. The minimum atomic E-state index is -3.39. The summed E-state index contributed by atoms with van der Waals surface area (Å²) in [7, 11) is -3.39. The molecule has 2 saturated heterocycles. The SMILES string of the molecule is O=S(=O)(N1CCCCC1)N1CCCC2(CCc3cnc(-c4ccccc4)nc32)C1. The monoisotopic (exact) mass is 412 g/mol. The smallest absolute Gasteiger partial charge is 0.236 e. The van der Waals surface area contributed by atoms with E-state index in [0.717, 1.165) is 62.0 Å². The van der Waals surface area contributed by atoms with Crippen LogP contribution >= 0.6 is 0 Å². The molecule has 6 nitrogen and oxygen atoms in total. The van der Waals surface area contributed by atoms with E-state index in [-0.39, 0.29) is 5.41 Å². The molecular weight excluding hydrogens is 384 g/mol. The second-order valence-corrected chi connectivity index (χ2v) is 10.5. The van der Waals surface area contributed by atoms with Crippen LogP contribution in [-0.4, -0.2) is 53.2 Å². The molecule has 5 rings (SSSR count).